The molecule has 20 heavy (non-hydrogen) atoms. The van der Waals surface area contributed by atoms with E-state index in [0.29, 0.717) is 6.07 Å². The van der Waals surface area contributed by atoms with Gasteiger partial charge in [-0.3, -0.25) is 14.4 Å². The van der Waals surface area contributed by atoms with Crippen molar-refractivity contribution in [1.82, 2.24) is 4.98 Å². The van der Waals surface area contributed by atoms with Crippen LogP contribution in [-0.4, -0.2) is 30.9 Å². The zero-order valence-electron chi connectivity index (χ0n) is 10.6. The lowest BCUT2D eigenvalue weighted by molar-refractivity contribution is -0.139. The number of aromatic nitrogens is 1. The summed E-state index contributed by atoms with van der Waals surface area (Å²) in [4.78, 5) is 35.9. The van der Waals surface area contributed by atoms with E-state index in [4.69, 9.17) is 0 Å². The number of hydrogen-bond donors (Lipinski definition) is 2. The number of carbonyl (C=O) groups is 2. The van der Waals surface area contributed by atoms with Crippen molar-refractivity contribution in [2.24, 2.45) is 0 Å². The van der Waals surface area contributed by atoms with Crippen molar-refractivity contribution in [1.29, 1.82) is 0 Å². The Morgan fingerprint density at radius 1 is 1.40 bits per heavy atom. The Kier molecular flexibility index (Phi) is 4.53. The second-order valence-corrected chi connectivity index (χ2v) is 3.72. The van der Waals surface area contributed by atoms with Crippen molar-refractivity contribution < 1.29 is 27.5 Å². The Balaban J connectivity index is 3.34. The van der Waals surface area contributed by atoms with E-state index < -0.39 is 41.0 Å². The molecule has 1 aromatic rings. The van der Waals surface area contributed by atoms with Crippen LogP contribution in [0.3, 0.4) is 0 Å². The highest BCUT2D eigenvalue weighted by molar-refractivity contribution is 6.08. The molecule has 1 rings (SSSR count). The molecular weight excluding hydrogens is 281 g/mol. The summed E-state index contributed by atoms with van der Waals surface area (Å²) in [5.74, 6) is -1.99. The molecule has 0 radical (unpaired) electrons. The molecule has 1 aromatic heterocycles. The topological polar surface area (TPSA) is 88.3 Å². The van der Waals surface area contributed by atoms with Crippen LogP contribution in [0.1, 0.15) is 22.3 Å². The number of H-pyrrole nitrogens is 1. The quantitative estimate of drug-likeness (QED) is 0.494. The number of esters is 1. The molecular formula is C11H11F3N2O4. The zero-order valence-corrected chi connectivity index (χ0v) is 10.6. The molecule has 1 heterocycles. The minimum Gasteiger partial charge on any atom is -0.469 e. The van der Waals surface area contributed by atoms with Crippen molar-refractivity contribution in [2.75, 3.05) is 19.5 Å². The lowest BCUT2D eigenvalue weighted by atomic mass is 10.1. The van der Waals surface area contributed by atoms with E-state index in [-0.39, 0.29) is 5.82 Å². The van der Waals surface area contributed by atoms with Gasteiger partial charge in [-0.05, 0) is 6.07 Å². The van der Waals surface area contributed by atoms with Gasteiger partial charge in [0.15, 0.2) is 5.78 Å². The van der Waals surface area contributed by atoms with E-state index in [1.807, 2.05) is 4.98 Å². The maximum absolute atomic E-state index is 12.6. The molecule has 0 spiro atoms. The Labute approximate surface area is 110 Å². The van der Waals surface area contributed by atoms with E-state index in [9.17, 15) is 27.6 Å². The van der Waals surface area contributed by atoms with E-state index >= 15 is 0 Å². The molecule has 0 amide bonds. The molecule has 6 nitrogen and oxygen atoms in total. The molecule has 9 heteroatoms. The smallest absolute Gasteiger partial charge is 0.421 e. The number of carbonyl (C=O) groups excluding carboxylic acids is 2. The largest absolute Gasteiger partial charge is 0.469 e. The van der Waals surface area contributed by atoms with Crippen LogP contribution < -0.4 is 10.9 Å². The molecule has 0 unspecified atom stereocenters. The zero-order chi connectivity index (χ0) is 15.5. The minimum absolute atomic E-state index is 0.197. The van der Waals surface area contributed by atoms with Crippen LogP contribution >= 0.6 is 0 Å². The average Bonchev–Trinajstić information content (AvgIpc) is 2.36. The molecule has 0 bridgehead atoms. The molecule has 0 aliphatic heterocycles. The fourth-order valence-corrected chi connectivity index (χ4v) is 1.46. The van der Waals surface area contributed by atoms with Crippen LogP contribution in [0, 0.1) is 0 Å². The number of halogens is 3. The molecule has 0 aliphatic rings. The van der Waals surface area contributed by atoms with Crippen molar-refractivity contribution in [2.45, 2.75) is 12.6 Å². The van der Waals surface area contributed by atoms with Gasteiger partial charge in [-0.2, -0.15) is 13.2 Å². The number of Topliss-reactive ketones (excluding diaryl/α,β-unsaturated/α-hetero) is 1. The number of methoxy groups -OCH3 is 1. The highest BCUT2D eigenvalue weighted by Gasteiger charge is 2.35. The van der Waals surface area contributed by atoms with E-state index in [1.165, 1.54) is 7.05 Å². The summed E-state index contributed by atoms with van der Waals surface area (Å²) in [5.41, 5.74) is -3.33. The standard InChI is InChI=1S/C11H11F3N2O4/c1-15-9-5(7(17)4-8(18)20-2)3-6(10(19)16-9)11(12,13)14/h3H,4H2,1-2H3,(H2,15,16,19). The fourth-order valence-electron chi connectivity index (χ4n) is 1.46. The lowest BCUT2D eigenvalue weighted by Crippen LogP contribution is -2.25. The van der Waals surface area contributed by atoms with Gasteiger partial charge in [0.25, 0.3) is 5.56 Å². The molecule has 110 valence electrons. The monoisotopic (exact) mass is 292 g/mol. The first-order valence-electron chi connectivity index (χ1n) is 5.33. The van der Waals surface area contributed by atoms with Crippen molar-refractivity contribution in [3.8, 4) is 0 Å². The van der Waals surface area contributed by atoms with Gasteiger partial charge >= 0.3 is 12.1 Å². The second kappa shape index (κ2) is 5.76. The third-order valence-electron chi connectivity index (χ3n) is 2.43. The third-order valence-corrected chi connectivity index (χ3v) is 2.43. The van der Waals surface area contributed by atoms with E-state index in [2.05, 4.69) is 10.1 Å². The third kappa shape index (κ3) is 3.37. The maximum Gasteiger partial charge on any atom is 0.421 e. The number of aromatic amines is 1. The van der Waals surface area contributed by atoms with Gasteiger partial charge in [-0.15, -0.1) is 0 Å². The number of hydrogen-bond acceptors (Lipinski definition) is 5. The summed E-state index contributed by atoms with van der Waals surface area (Å²) in [7, 11) is 2.36. The number of pyridine rings is 1. The van der Waals surface area contributed by atoms with Gasteiger partial charge in [0, 0.05) is 7.05 Å². The molecule has 0 saturated carbocycles. The SMILES string of the molecule is CNc1[nH]c(=O)c(C(F)(F)F)cc1C(=O)CC(=O)OC. The number of ketones is 1. The first-order chi connectivity index (χ1) is 9.20. The molecule has 2 N–H and O–H groups in total. The molecule has 0 atom stereocenters. The van der Waals surface area contributed by atoms with Crippen LogP contribution in [0.4, 0.5) is 19.0 Å². The Hall–Kier alpha value is -2.32. The number of anilines is 1. The number of ether oxygens (including phenoxy) is 1. The van der Waals surface area contributed by atoms with Crippen LogP contribution in [0.2, 0.25) is 0 Å². The second-order valence-electron chi connectivity index (χ2n) is 3.72. The average molecular weight is 292 g/mol. The summed E-state index contributed by atoms with van der Waals surface area (Å²) in [6.07, 6.45) is -5.63. The Bertz CT molecular complexity index is 592. The normalized spacial score (nSPS) is 11.1. The summed E-state index contributed by atoms with van der Waals surface area (Å²) < 4.78 is 42.1. The summed E-state index contributed by atoms with van der Waals surface area (Å²) in [5, 5.41) is 2.39. The Morgan fingerprint density at radius 3 is 2.45 bits per heavy atom. The Morgan fingerprint density at radius 2 is 2.00 bits per heavy atom. The first kappa shape index (κ1) is 15.7. The van der Waals surface area contributed by atoms with Crippen LogP contribution in [0.5, 0.6) is 0 Å². The van der Waals surface area contributed by atoms with Gasteiger partial charge < -0.3 is 15.0 Å². The number of rotatable bonds is 4. The van der Waals surface area contributed by atoms with E-state index in [1.54, 1.807) is 0 Å². The van der Waals surface area contributed by atoms with Crippen molar-refractivity contribution in [3.05, 3.63) is 27.5 Å². The number of nitrogens with one attached hydrogen (secondary N) is 2. The summed E-state index contributed by atoms with van der Waals surface area (Å²) in [6, 6.07) is 0.413. The highest BCUT2D eigenvalue weighted by Crippen LogP contribution is 2.28. The predicted molar refractivity (Wildman–Crippen MR) is 62.6 cm³/mol. The van der Waals surface area contributed by atoms with Gasteiger partial charge in [0.05, 0.1) is 12.7 Å². The van der Waals surface area contributed by atoms with Gasteiger partial charge in [0.1, 0.15) is 17.8 Å². The van der Waals surface area contributed by atoms with Crippen molar-refractivity contribution in [3.63, 3.8) is 0 Å². The fraction of sp³-hybridized carbons (Fsp3) is 0.364. The lowest BCUT2D eigenvalue weighted by Gasteiger charge is -2.11. The molecule has 0 saturated heterocycles. The van der Waals surface area contributed by atoms with Crippen LogP contribution in [0.25, 0.3) is 0 Å². The summed E-state index contributed by atoms with van der Waals surface area (Å²) >= 11 is 0. The molecule has 0 fully saturated rings. The van der Waals surface area contributed by atoms with Crippen LogP contribution in [0.15, 0.2) is 10.9 Å². The van der Waals surface area contributed by atoms with Crippen LogP contribution in [-0.2, 0) is 15.7 Å². The molecule has 0 aromatic carbocycles. The van der Waals surface area contributed by atoms with Gasteiger partial charge in [-0.25, -0.2) is 0 Å². The summed E-state index contributed by atoms with van der Waals surface area (Å²) in [6.45, 7) is 0. The van der Waals surface area contributed by atoms with Gasteiger partial charge in [0.2, 0.25) is 0 Å². The van der Waals surface area contributed by atoms with Crippen molar-refractivity contribution >= 4 is 17.6 Å². The van der Waals surface area contributed by atoms with E-state index in [0.717, 1.165) is 7.11 Å². The first-order valence-corrected chi connectivity index (χ1v) is 5.33. The predicted octanol–water partition coefficient (Wildman–Crippen LogP) is 1.18. The van der Waals surface area contributed by atoms with Gasteiger partial charge in [-0.1, -0.05) is 0 Å². The number of alkyl halides is 3. The highest BCUT2D eigenvalue weighted by atomic mass is 19.4. The minimum atomic E-state index is -4.90. The maximum atomic E-state index is 12.6. The molecule has 0 aliphatic carbocycles.